The van der Waals surface area contributed by atoms with Crippen LogP contribution in [0.3, 0.4) is 0 Å². The molecule has 0 saturated heterocycles. The van der Waals surface area contributed by atoms with E-state index in [1.54, 1.807) is 19.1 Å². The van der Waals surface area contributed by atoms with E-state index in [0.717, 1.165) is 35.0 Å². The predicted molar refractivity (Wildman–Crippen MR) is 114 cm³/mol. The first-order chi connectivity index (χ1) is 14.2. The summed E-state index contributed by atoms with van der Waals surface area (Å²) in [4.78, 5) is 16.0. The van der Waals surface area contributed by atoms with Crippen LogP contribution in [0.5, 0.6) is 0 Å². The summed E-state index contributed by atoms with van der Waals surface area (Å²) in [6.45, 7) is 3.25. The lowest BCUT2D eigenvalue weighted by atomic mass is 10.0. The summed E-state index contributed by atoms with van der Waals surface area (Å²) in [5.74, 6) is -1.56. The van der Waals surface area contributed by atoms with Gasteiger partial charge >= 0.3 is 0 Å². The summed E-state index contributed by atoms with van der Waals surface area (Å²) in [5, 5.41) is 15.6. The topological polar surface area (TPSA) is 91.3 Å². The minimum atomic E-state index is -1.34. The summed E-state index contributed by atoms with van der Waals surface area (Å²) in [6.07, 6.45) is -1.05. The van der Waals surface area contributed by atoms with E-state index in [-0.39, 0.29) is 17.2 Å². The SMILES string of the molecule is CC(N)=NCCC1(c2ccccc2)SC(c2cc(F)ccc2F)=NN1C(=O)[C@H](C)O. The van der Waals surface area contributed by atoms with Crippen molar-refractivity contribution < 1.29 is 18.7 Å². The van der Waals surface area contributed by atoms with Crippen molar-refractivity contribution in [1.82, 2.24) is 5.01 Å². The average molecular weight is 432 g/mol. The van der Waals surface area contributed by atoms with Crippen LogP contribution in [-0.4, -0.2) is 39.6 Å². The minimum Gasteiger partial charge on any atom is -0.388 e. The number of benzene rings is 2. The molecule has 1 amide bonds. The molecular formula is C21H22F2N4O2S. The van der Waals surface area contributed by atoms with Gasteiger partial charge in [-0.3, -0.25) is 9.79 Å². The van der Waals surface area contributed by atoms with Crippen LogP contribution in [0.2, 0.25) is 0 Å². The maximum Gasteiger partial charge on any atom is 0.272 e. The van der Waals surface area contributed by atoms with E-state index < -0.39 is 28.5 Å². The van der Waals surface area contributed by atoms with Crippen molar-refractivity contribution in [1.29, 1.82) is 0 Å². The van der Waals surface area contributed by atoms with Crippen LogP contribution in [0.25, 0.3) is 0 Å². The molecule has 158 valence electrons. The quantitative estimate of drug-likeness (QED) is 0.542. The molecule has 0 radical (unpaired) electrons. The van der Waals surface area contributed by atoms with E-state index >= 15 is 0 Å². The predicted octanol–water partition coefficient (Wildman–Crippen LogP) is 3.20. The van der Waals surface area contributed by atoms with Crippen LogP contribution in [0, 0.1) is 11.6 Å². The molecule has 3 N–H and O–H groups in total. The van der Waals surface area contributed by atoms with Crippen molar-refractivity contribution in [2.45, 2.75) is 31.2 Å². The Kier molecular flexibility index (Phi) is 6.52. The second kappa shape index (κ2) is 8.93. The summed E-state index contributed by atoms with van der Waals surface area (Å²) < 4.78 is 28.3. The second-order valence-electron chi connectivity index (χ2n) is 6.88. The summed E-state index contributed by atoms with van der Waals surface area (Å²) in [6, 6.07) is 12.1. The molecule has 1 aliphatic heterocycles. The highest BCUT2D eigenvalue weighted by Gasteiger charge is 2.49. The van der Waals surface area contributed by atoms with Crippen molar-refractivity contribution in [3.05, 3.63) is 71.3 Å². The van der Waals surface area contributed by atoms with Crippen molar-refractivity contribution >= 4 is 28.5 Å². The minimum absolute atomic E-state index is 0.0558. The number of aliphatic imine (C=N–C) groups is 1. The van der Waals surface area contributed by atoms with Crippen molar-refractivity contribution in [2.75, 3.05) is 6.54 Å². The van der Waals surface area contributed by atoms with E-state index in [1.807, 2.05) is 18.2 Å². The Labute approximate surface area is 177 Å². The van der Waals surface area contributed by atoms with Gasteiger partial charge in [0.25, 0.3) is 5.91 Å². The van der Waals surface area contributed by atoms with E-state index in [2.05, 4.69) is 10.1 Å². The van der Waals surface area contributed by atoms with Crippen LogP contribution < -0.4 is 5.73 Å². The number of carbonyl (C=O) groups excluding carboxylic acids is 1. The van der Waals surface area contributed by atoms with Crippen molar-refractivity contribution in [2.24, 2.45) is 15.8 Å². The summed E-state index contributed by atoms with van der Waals surface area (Å²) >= 11 is 1.12. The van der Waals surface area contributed by atoms with Crippen LogP contribution >= 0.6 is 11.8 Å². The third-order valence-electron chi connectivity index (χ3n) is 4.56. The normalized spacial score (nSPS) is 20.2. The van der Waals surface area contributed by atoms with Gasteiger partial charge in [-0.25, -0.2) is 13.8 Å². The molecule has 2 atom stereocenters. The molecule has 2 aromatic carbocycles. The molecule has 1 aliphatic rings. The van der Waals surface area contributed by atoms with Gasteiger partial charge in [0.2, 0.25) is 0 Å². The van der Waals surface area contributed by atoms with Gasteiger partial charge in [-0.1, -0.05) is 42.1 Å². The number of carbonyl (C=O) groups is 1. The lowest BCUT2D eigenvalue weighted by molar-refractivity contribution is -0.143. The number of nitrogens with two attached hydrogens (primary N) is 1. The van der Waals surface area contributed by atoms with Gasteiger partial charge in [0.15, 0.2) is 0 Å². The number of amides is 1. The highest BCUT2D eigenvalue weighted by molar-refractivity contribution is 8.15. The van der Waals surface area contributed by atoms with Gasteiger partial charge in [-0.15, -0.1) is 0 Å². The molecule has 0 aliphatic carbocycles. The molecule has 2 aromatic rings. The molecule has 0 spiro atoms. The standard InChI is InChI=1S/C21H22F2N4O2S/c1-13(28)20(29)27-21(10-11-25-14(2)24,15-6-4-3-5-7-15)30-19(26-27)17-12-16(22)8-9-18(17)23/h3-9,12-13,28H,10-11H2,1-2H3,(H2,24,25)/t13-,21?/m0/s1. The molecule has 0 fully saturated rings. The fourth-order valence-electron chi connectivity index (χ4n) is 3.13. The Morgan fingerprint density at radius 3 is 2.63 bits per heavy atom. The number of thioether (sulfide) groups is 1. The molecule has 30 heavy (non-hydrogen) atoms. The monoisotopic (exact) mass is 432 g/mol. The van der Waals surface area contributed by atoms with E-state index in [4.69, 9.17) is 5.73 Å². The lowest BCUT2D eigenvalue weighted by Gasteiger charge is -2.36. The van der Waals surface area contributed by atoms with E-state index in [0.29, 0.717) is 17.8 Å². The number of aliphatic hydroxyl groups excluding tert-OH is 1. The largest absolute Gasteiger partial charge is 0.388 e. The molecule has 0 aromatic heterocycles. The van der Waals surface area contributed by atoms with Crippen molar-refractivity contribution in [3.8, 4) is 0 Å². The molecule has 0 bridgehead atoms. The van der Waals surface area contributed by atoms with E-state index in [1.165, 1.54) is 6.92 Å². The zero-order chi connectivity index (χ0) is 21.9. The molecule has 1 unspecified atom stereocenters. The third-order valence-corrected chi connectivity index (χ3v) is 6.01. The Morgan fingerprint density at radius 1 is 1.30 bits per heavy atom. The van der Waals surface area contributed by atoms with Gasteiger partial charge in [-0.2, -0.15) is 5.10 Å². The molecule has 6 nitrogen and oxygen atoms in total. The third kappa shape index (κ3) is 4.36. The van der Waals surface area contributed by atoms with Crippen LogP contribution in [0.4, 0.5) is 8.78 Å². The number of hydrogen-bond acceptors (Lipinski definition) is 5. The number of nitrogens with zero attached hydrogens (tertiary/aromatic N) is 3. The Balaban J connectivity index is 2.14. The number of hydrazone groups is 1. The smallest absolute Gasteiger partial charge is 0.272 e. The maximum absolute atomic E-state index is 14.5. The second-order valence-corrected chi connectivity index (χ2v) is 8.15. The molecule has 9 heteroatoms. The average Bonchev–Trinajstić information content (AvgIpc) is 3.10. The van der Waals surface area contributed by atoms with Crippen LogP contribution in [0.15, 0.2) is 58.6 Å². The Hall–Kier alpha value is -2.78. The number of hydrogen-bond donors (Lipinski definition) is 2. The first-order valence-electron chi connectivity index (χ1n) is 9.32. The van der Waals surface area contributed by atoms with Gasteiger partial charge in [-0.05, 0) is 37.6 Å². The zero-order valence-corrected chi connectivity index (χ0v) is 17.4. The van der Waals surface area contributed by atoms with Gasteiger partial charge in [0.1, 0.15) is 27.7 Å². The lowest BCUT2D eigenvalue weighted by Crippen LogP contribution is -2.45. The highest BCUT2D eigenvalue weighted by atomic mass is 32.2. The Morgan fingerprint density at radius 2 is 2.00 bits per heavy atom. The summed E-state index contributed by atoms with van der Waals surface area (Å²) in [5.41, 5.74) is 6.32. The van der Waals surface area contributed by atoms with Gasteiger partial charge in [0, 0.05) is 18.5 Å². The van der Waals surface area contributed by atoms with Crippen LogP contribution in [-0.2, 0) is 9.67 Å². The zero-order valence-electron chi connectivity index (χ0n) is 16.5. The van der Waals surface area contributed by atoms with Gasteiger partial charge < -0.3 is 10.8 Å². The number of aliphatic hydroxyl groups is 1. The van der Waals surface area contributed by atoms with Crippen LogP contribution in [0.1, 0.15) is 31.4 Å². The number of amidine groups is 1. The fourth-order valence-corrected chi connectivity index (χ4v) is 4.51. The number of halogens is 2. The highest BCUT2D eigenvalue weighted by Crippen LogP contribution is 2.50. The molecule has 1 heterocycles. The first-order valence-corrected chi connectivity index (χ1v) is 10.1. The first kappa shape index (κ1) is 21.9. The maximum atomic E-state index is 14.5. The summed E-state index contributed by atoms with van der Waals surface area (Å²) in [7, 11) is 0. The molecule has 0 saturated carbocycles. The van der Waals surface area contributed by atoms with E-state index in [9.17, 15) is 18.7 Å². The van der Waals surface area contributed by atoms with Gasteiger partial charge in [0.05, 0.1) is 5.84 Å². The van der Waals surface area contributed by atoms with Crippen molar-refractivity contribution in [3.63, 3.8) is 0 Å². The molecular weight excluding hydrogens is 410 g/mol. The Bertz CT molecular complexity index is 994. The molecule has 3 rings (SSSR count). The fraction of sp³-hybridized carbons (Fsp3) is 0.286. The number of rotatable bonds is 6.